The van der Waals surface area contributed by atoms with Gasteiger partial charge in [0.25, 0.3) is 0 Å². The molecular formula is C27H30N4O2. The summed E-state index contributed by atoms with van der Waals surface area (Å²) in [6.45, 7) is 8.12. The van der Waals surface area contributed by atoms with Crippen LogP contribution in [-0.2, 0) is 16.6 Å². The van der Waals surface area contributed by atoms with E-state index in [0.717, 1.165) is 41.6 Å². The van der Waals surface area contributed by atoms with Gasteiger partial charge >= 0.3 is 0 Å². The van der Waals surface area contributed by atoms with Crippen LogP contribution in [0.15, 0.2) is 71.9 Å². The van der Waals surface area contributed by atoms with E-state index < -0.39 is 0 Å². The molecule has 33 heavy (non-hydrogen) atoms. The number of hydrogen-bond donors (Lipinski definition) is 2. The molecule has 3 aromatic rings. The number of amidine groups is 1. The zero-order valence-corrected chi connectivity index (χ0v) is 19.4. The molecule has 170 valence electrons. The highest BCUT2D eigenvalue weighted by Crippen LogP contribution is 2.25. The van der Waals surface area contributed by atoms with E-state index in [0.29, 0.717) is 18.6 Å². The Bertz CT molecular complexity index is 1150. The number of carbonyl (C=O) groups is 1. The predicted molar refractivity (Wildman–Crippen MR) is 132 cm³/mol. The summed E-state index contributed by atoms with van der Waals surface area (Å²) < 4.78 is 6.04. The number of amides is 1. The second kappa shape index (κ2) is 9.86. The van der Waals surface area contributed by atoms with E-state index in [1.54, 1.807) is 6.20 Å². The average molecular weight is 443 g/mol. The SMILES string of the molecule is CC(C)(C)c1ccc(NC(=O)CCc2cccc(Oc3ccnc(C4=NCCN4)c3)c2)cc1. The number of hydrogen-bond acceptors (Lipinski definition) is 5. The Morgan fingerprint density at radius 1 is 1.06 bits per heavy atom. The third kappa shape index (κ3) is 6.19. The van der Waals surface area contributed by atoms with Gasteiger partial charge in [0, 0.05) is 30.9 Å². The van der Waals surface area contributed by atoms with Crippen molar-refractivity contribution in [1.29, 1.82) is 0 Å². The van der Waals surface area contributed by atoms with Gasteiger partial charge in [-0.3, -0.25) is 14.8 Å². The highest BCUT2D eigenvalue weighted by molar-refractivity contribution is 5.98. The van der Waals surface area contributed by atoms with E-state index in [9.17, 15) is 4.79 Å². The molecule has 0 aliphatic carbocycles. The third-order valence-corrected chi connectivity index (χ3v) is 5.46. The molecule has 0 saturated heterocycles. The number of rotatable bonds is 7. The number of ether oxygens (including phenoxy) is 1. The largest absolute Gasteiger partial charge is 0.457 e. The molecule has 4 rings (SSSR count). The summed E-state index contributed by atoms with van der Waals surface area (Å²) in [5, 5.41) is 6.20. The second-order valence-electron chi connectivity index (χ2n) is 9.16. The van der Waals surface area contributed by atoms with Crippen LogP contribution >= 0.6 is 0 Å². The maximum Gasteiger partial charge on any atom is 0.224 e. The lowest BCUT2D eigenvalue weighted by Crippen LogP contribution is -2.20. The molecule has 2 aromatic carbocycles. The molecule has 0 atom stereocenters. The number of pyridine rings is 1. The number of anilines is 1. The van der Waals surface area contributed by atoms with Gasteiger partial charge in [-0.1, -0.05) is 45.0 Å². The molecule has 0 saturated carbocycles. The standard InChI is InChI=1S/C27H30N4O2/c1-27(2,3)20-8-10-21(11-9-20)31-25(32)12-7-19-5-4-6-22(17-19)33-23-13-14-28-24(18-23)26-29-15-16-30-26/h4-6,8-11,13-14,17-18H,7,12,15-16H2,1-3H3,(H,29,30)(H,31,32). The van der Waals surface area contributed by atoms with Crippen LogP contribution in [0, 0.1) is 0 Å². The van der Waals surface area contributed by atoms with Crippen molar-refractivity contribution in [2.24, 2.45) is 4.99 Å². The van der Waals surface area contributed by atoms with E-state index in [1.807, 2.05) is 48.5 Å². The predicted octanol–water partition coefficient (Wildman–Crippen LogP) is 5.09. The van der Waals surface area contributed by atoms with E-state index in [-0.39, 0.29) is 11.3 Å². The van der Waals surface area contributed by atoms with Gasteiger partial charge in [-0.15, -0.1) is 0 Å². The Balaban J connectivity index is 1.33. The summed E-state index contributed by atoms with van der Waals surface area (Å²) in [4.78, 5) is 21.2. The molecule has 0 bridgehead atoms. The van der Waals surface area contributed by atoms with Crippen molar-refractivity contribution in [3.8, 4) is 11.5 Å². The van der Waals surface area contributed by atoms with Crippen molar-refractivity contribution in [2.45, 2.75) is 39.0 Å². The highest BCUT2D eigenvalue weighted by Gasteiger charge is 2.13. The molecule has 2 heterocycles. The number of aromatic nitrogens is 1. The summed E-state index contributed by atoms with van der Waals surface area (Å²) in [5.74, 6) is 2.22. The quantitative estimate of drug-likeness (QED) is 0.534. The van der Waals surface area contributed by atoms with Crippen LogP contribution in [0.3, 0.4) is 0 Å². The molecule has 6 heteroatoms. The Kier molecular flexibility index (Phi) is 6.73. The first kappa shape index (κ1) is 22.5. The lowest BCUT2D eigenvalue weighted by atomic mass is 9.87. The fraction of sp³-hybridized carbons (Fsp3) is 0.296. The normalized spacial score (nSPS) is 13.2. The van der Waals surface area contributed by atoms with Crippen LogP contribution < -0.4 is 15.4 Å². The van der Waals surface area contributed by atoms with E-state index >= 15 is 0 Å². The number of carbonyl (C=O) groups excluding carboxylic acids is 1. The minimum Gasteiger partial charge on any atom is -0.457 e. The van der Waals surface area contributed by atoms with Crippen molar-refractivity contribution >= 4 is 17.4 Å². The van der Waals surface area contributed by atoms with Crippen LogP contribution in [0.2, 0.25) is 0 Å². The van der Waals surface area contributed by atoms with Gasteiger partial charge in [-0.05, 0) is 53.3 Å². The lowest BCUT2D eigenvalue weighted by Gasteiger charge is -2.19. The zero-order valence-electron chi connectivity index (χ0n) is 19.4. The van der Waals surface area contributed by atoms with Gasteiger partial charge in [0.2, 0.25) is 5.91 Å². The molecule has 0 unspecified atom stereocenters. The molecule has 1 aliphatic heterocycles. The smallest absolute Gasteiger partial charge is 0.224 e. The summed E-state index contributed by atoms with van der Waals surface area (Å²) in [7, 11) is 0. The van der Waals surface area contributed by atoms with Gasteiger partial charge in [0.15, 0.2) is 0 Å². The fourth-order valence-corrected chi connectivity index (χ4v) is 3.61. The Morgan fingerprint density at radius 3 is 2.58 bits per heavy atom. The molecular weight excluding hydrogens is 412 g/mol. The van der Waals surface area contributed by atoms with Crippen molar-refractivity contribution in [3.05, 3.63) is 83.7 Å². The molecule has 0 radical (unpaired) electrons. The third-order valence-electron chi connectivity index (χ3n) is 5.46. The van der Waals surface area contributed by atoms with E-state index in [2.05, 4.69) is 53.5 Å². The number of benzene rings is 2. The summed E-state index contributed by atoms with van der Waals surface area (Å²) in [6, 6.07) is 19.6. The second-order valence-corrected chi connectivity index (χ2v) is 9.16. The first-order valence-electron chi connectivity index (χ1n) is 11.3. The van der Waals surface area contributed by atoms with Crippen LogP contribution in [0.1, 0.15) is 44.0 Å². The van der Waals surface area contributed by atoms with Gasteiger partial charge in [0.05, 0.1) is 6.54 Å². The molecule has 1 amide bonds. The Labute approximate surface area is 195 Å². The molecule has 0 spiro atoms. The van der Waals surface area contributed by atoms with Crippen LogP contribution in [0.5, 0.6) is 11.5 Å². The minimum atomic E-state index is -0.00607. The zero-order chi connectivity index (χ0) is 23.3. The highest BCUT2D eigenvalue weighted by atomic mass is 16.5. The monoisotopic (exact) mass is 442 g/mol. The van der Waals surface area contributed by atoms with Crippen LogP contribution in [0.25, 0.3) is 0 Å². The number of aryl methyl sites for hydroxylation is 1. The number of aliphatic imine (C=N–C) groups is 1. The topological polar surface area (TPSA) is 75.6 Å². The Morgan fingerprint density at radius 2 is 1.85 bits per heavy atom. The van der Waals surface area contributed by atoms with Gasteiger partial charge < -0.3 is 15.4 Å². The van der Waals surface area contributed by atoms with Crippen LogP contribution in [0.4, 0.5) is 5.69 Å². The molecule has 0 fully saturated rings. The van der Waals surface area contributed by atoms with E-state index in [4.69, 9.17) is 4.74 Å². The van der Waals surface area contributed by atoms with Gasteiger partial charge in [-0.25, -0.2) is 0 Å². The van der Waals surface area contributed by atoms with Gasteiger partial charge in [0.1, 0.15) is 23.0 Å². The summed E-state index contributed by atoms with van der Waals surface area (Å²) >= 11 is 0. The molecule has 2 N–H and O–H groups in total. The lowest BCUT2D eigenvalue weighted by molar-refractivity contribution is -0.116. The maximum atomic E-state index is 12.4. The Hall–Kier alpha value is -3.67. The maximum absolute atomic E-state index is 12.4. The van der Waals surface area contributed by atoms with Crippen molar-refractivity contribution in [3.63, 3.8) is 0 Å². The van der Waals surface area contributed by atoms with Gasteiger partial charge in [-0.2, -0.15) is 0 Å². The molecule has 1 aliphatic rings. The van der Waals surface area contributed by atoms with Crippen molar-refractivity contribution in [2.75, 3.05) is 18.4 Å². The minimum absolute atomic E-state index is 0.00607. The summed E-state index contributed by atoms with van der Waals surface area (Å²) in [6.07, 6.45) is 2.75. The first-order chi connectivity index (χ1) is 15.9. The molecule has 1 aromatic heterocycles. The van der Waals surface area contributed by atoms with Crippen molar-refractivity contribution < 1.29 is 9.53 Å². The fourth-order valence-electron chi connectivity index (χ4n) is 3.61. The number of nitrogens with zero attached hydrogens (tertiary/aromatic N) is 2. The van der Waals surface area contributed by atoms with Crippen LogP contribution in [-0.4, -0.2) is 29.8 Å². The summed E-state index contributed by atoms with van der Waals surface area (Å²) in [5.41, 5.74) is 3.97. The van der Waals surface area contributed by atoms with Crippen molar-refractivity contribution in [1.82, 2.24) is 10.3 Å². The number of nitrogens with one attached hydrogen (secondary N) is 2. The average Bonchev–Trinajstić information content (AvgIpc) is 3.33. The van der Waals surface area contributed by atoms with E-state index in [1.165, 1.54) is 5.56 Å². The molecule has 6 nitrogen and oxygen atoms in total. The first-order valence-corrected chi connectivity index (χ1v) is 11.3.